The fraction of sp³-hybridized carbons (Fsp3) is 0.0323. The van der Waals surface area contributed by atoms with Crippen molar-refractivity contribution in [2.24, 2.45) is 0 Å². The summed E-state index contributed by atoms with van der Waals surface area (Å²) in [5.74, 6) is 0. The zero-order valence-electron chi connectivity index (χ0n) is 19.1. The third-order valence-electron chi connectivity index (χ3n) is 6.55. The van der Waals surface area contributed by atoms with E-state index in [-0.39, 0.29) is 0 Å². The van der Waals surface area contributed by atoms with Gasteiger partial charge in [0.25, 0.3) is 0 Å². The van der Waals surface area contributed by atoms with Crippen LogP contribution in [0, 0.1) is 0 Å². The Kier molecular flexibility index (Phi) is 5.12. The van der Waals surface area contributed by atoms with E-state index in [1.165, 1.54) is 0 Å². The predicted molar refractivity (Wildman–Crippen MR) is 142 cm³/mol. The second-order valence-electron chi connectivity index (χ2n) is 8.58. The highest BCUT2D eigenvalue weighted by atomic mass is 15.3. The maximum atomic E-state index is 6.27. The van der Waals surface area contributed by atoms with Crippen molar-refractivity contribution in [1.29, 1.82) is 0 Å². The van der Waals surface area contributed by atoms with Gasteiger partial charge in [-0.25, -0.2) is 4.68 Å². The van der Waals surface area contributed by atoms with E-state index in [2.05, 4.69) is 107 Å². The van der Waals surface area contributed by atoms with Gasteiger partial charge >= 0.3 is 0 Å². The number of fused-ring (bicyclic) bond motifs is 1. The Morgan fingerprint density at radius 1 is 0.600 bits per heavy atom. The van der Waals surface area contributed by atoms with Crippen molar-refractivity contribution in [1.82, 2.24) is 14.8 Å². The van der Waals surface area contributed by atoms with Crippen LogP contribution in [-0.2, 0) is 5.54 Å². The molecule has 0 bridgehead atoms. The second-order valence-corrected chi connectivity index (χ2v) is 8.58. The molecule has 4 aromatic carbocycles. The average molecular weight is 453 g/mol. The maximum absolute atomic E-state index is 6.27. The molecular weight excluding hydrogens is 428 g/mol. The Balaban J connectivity index is 1.80. The van der Waals surface area contributed by atoms with Crippen LogP contribution in [0.2, 0.25) is 0 Å². The molecule has 2 heterocycles. The Morgan fingerprint density at radius 2 is 1.11 bits per heavy atom. The molecule has 4 nitrogen and oxygen atoms in total. The smallest absolute Gasteiger partial charge is 0.138 e. The molecule has 6 rings (SSSR count). The fourth-order valence-corrected chi connectivity index (χ4v) is 5.02. The molecule has 0 atom stereocenters. The molecule has 168 valence electrons. The highest BCUT2D eigenvalue weighted by Gasteiger charge is 2.40. The summed E-state index contributed by atoms with van der Waals surface area (Å²) in [6.07, 6.45) is 3.59. The van der Waals surface area contributed by atoms with E-state index < -0.39 is 5.54 Å². The number of nitrogen functional groups attached to an aromatic ring is 1. The van der Waals surface area contributed by atoms with E-state index in [9.17, 15) is 0 Å². The summed E-state index contributed by atoms with van der Waals surface area (Å²) >= 11 is 0. The molecule has 0 aliphatic heterocycles. The number of benzene rings is 4. The molecule has 0 amide bonds. The minimum atomic E-state index is -0.705. The second kappa shape index (κ2) is 8.58. The lowest BCUT2D eigenvalue weighted by Crippen LogP contribution is -2.38. The zero-order valence-corrected chi connectivity index (χ0v) is 19.1. The van der Waals surface area contributed by atoms with E-state index in [1.54, 1.807) is 12.4 Å². The van der Waals surface area contributed by atoms with E-state index in [1.807, 2.05) is 24.3 Å². The predicted octanol–water partition coefficient (Wildman–Crippen LogP) is 6.52. The minimum Gasteiger partial charge on any atom is -0.399 e. The lowest BCUT2D eigenvalue weighted by molar-refractivity contribution is 0.477. The van der Waals surface area contributed by atoms with Gasteiger partial charge in [-0.15, -0.1) is 0 Å². The molecule has 0 aliphatic rings. The summed E-state index contributed by atoms with van der Waals surface area (Å²) in [4.78, 5) is 4.21. The van der Waals surface area contributed by atoms with E-state index in [0.717, 1.165) is 38.9 Å². The Hall–Kier alpha value is -4.70. The van der Waals surface area contributed by atoms with Crippen molar-refractivity contribution in [2.75, 3.05) is 5.73 Å². The van der Waals surface area contributed by atoms with Crippen LogP contribution >= 0.6 is 0 Å². The van der Waals surface area contributed by atoms with Gasteiger partial charge in [0, 0.05) is 29.0 Å². The summed E-state index contributed by atoms with van der Waals surface area (Å²) in [5, 5.41) is 6.34. The van der Waals surface area contributed by atoms with Crippen LogP contribution < -0.4 is 5.73 Å². The summed E-state index contributed by atoms with van der Waals surface area (Å²) in [5.41, 5.74) is 12.5. The van der Waals surface area contributed by atoms with Crippen LogP contribution in [0.25, 0.3) is 22.2 Å². The monoisotopic (exact) mass is 452 g/mol. The lowest BCUT2D eigenvalue weighted by atomic mass is 9.77. The topological polar surface area (TPSA) is 56.7 Å². The van der Waals surface area contributed by atoms with Crippen LogP contribution in [0.4, 0.5) is 5.69 Å². The molecule has 0 fully saturated rings. The molecule has 4 heteroatoms. The number of hydrogen-bond acceptors (Lipinski definition) is 3. The highest BCUT2D eigenvalue weighted by molar-refractivity contribution is 5.95. The largest absolute Gasteiger partial charge is 0.399 e. The van der Waals surface area contributed by atoms with Gasteiger partial charge in [-0.1, -0.05) is 91.0 Å². The minimum absolute atomic E-state index is 0.705. The third kappa shape index (κ3) is 3.39. The SMILES string of the molecule is Nc1ccc2c(c1)c(-c1ccncc1)nn2C(c1ccccc1)(c1ccccc1)c1ccccc1. The first kappa shape index (κ1) is 20.9. The summed E-state index contributed by atoms with van der Waals surface area (Å²) in [7, 11) is 0. The van der Waals surface area contributed by atoms with Gasteiger partial charge in [-0.2, -0.15) is 5.10 Å². The van der Waals surface area contributed by atoms with Crippen molar-refractivity contribution >= 4 is 16.6 Å². The summed E-state index contributed by atoms with van der Waals surface area (Å²) in [6.45, 7) is 0. The Labute approximate surface area is 204 Å². The first-order valence-electron chi connectivity index (χ1n) is 11.6. The number of anilines is 1. The van der Waals surface area contributed by atoms with Gasteiger partial charge in [0.15, 0.2) is 0 Å². The number of rotatable bonds is 5. The fourth-order valence-electron chi connectivity index (χ4n) is 5.02. The first-order valence-corrected chi connectivity index (χ1v) is 11.6. The molecule has 0 radical (unpaired) electrons. The molecule has 0 unspecified atom stereocenters. The standard InChI is InChI=1S/C31H24N4/c32-27-16-17-29-28(22-27)30(23-18-20-33-21-19-23)34-35(29)31(24-10-4-1-5-11-24,25-12-6-2-7-13-25)26-14-8-3-9-15-26/h1-22H,32H2. The number of nitrogens with two attached hydrogens (primary N) is 1. The van der Waals surface area contributed by atoms with Gasteiger partial charge in [0.05, 0.1) is 5.52 Å². The molecular formula is C31H24N4. The average Bonchev–Trinajstić information content (AvgIpc) is 3.30. The van der Waals surface area contributed by atoms with Crippen molar-refractivity contribution in [2.45, 2.75) is 5.54 Å². The van der Waals surface area contributed by atoms with Gasteiger partial charge < -0.3 is 5.73 Å². The van der Waals surface area contributed by atoms with Crippen molar-refractivity contribution < 1.29 is 0 Å². The van der Waals surface area contributed by atoms with Gasteiger partial charge in [-0.05, 0) is 47.0 Å². The van der Waals surface area contributed by atoms with E-state index in [0.29, 0.717) is 5.69 Å². The molecule has 0 saturated carbocycles. The van der Waals surface area contributed by atoms with Crippen LogP contribution in [0.15, 0.2) is 134 Å². The zero-order chi connectivity index (χ0) is 23.7. The number of pyridine rings is 1. The van der Waals surface area contributed by atoms with E-state index in [4.69, 9.17) is 10.8 Å². The van der Waals surface area contributed by atoms with Crippen LogP contribution in [0.3, 0.4) is 0 Å². The molecule has 35 heavy (non-hydrogen) atoms. The molecule has 0 spiro atoms. The first-order chi connectivity index (χ1) is 17.3. The van der Waals surface area contributed by atoms with Crippen LogP contribution in [-0.4, -0.2) is 14.8 Å². The van der Waals surface area contributed by atoms with Gasteiger partial charge in [0.2, 0.25) is 0 Å². The quantitative estimate of drug-likeness (QED) is 0.239. The lowest BCUT2D eigenvalue weighted by Gasteiger charge is -2.37. The molecule has 0 saturated heterocycles. The number of aromatic nitrogens is 3. The molecule has 2 N–H and O–H groups in total. The van der Waals surface area contributed by atoms with Crippen molar-refractivity contribution in [3.63, 3.8) is 0 Å². The number of nitrogens with zero attached hydrogens (tertiary/aromatic N) is 3. The normalized spacial score (nSPS) is 11.5. The molecule has 6 aromatic rings. The molecule has 0 aliphatic carbocycles. The van der Waals surface area contributed by atoms with Gasteiger partial charge in [0.1, 0.15) is 11.2 Å². The summed E-state index contributed by atoms with van der Waals surface area (Å²) in [6, 6.07) is 41.8. The van der Waals surface area contributed by atoms with Gasteiger partial charge in [-0.3, -0.25) is 4.98 Å². The third-order valence-corrected chi connectivity index (χ3v) is 6.55. The Morgan fingerprint density at radius 3 is 1.63 bits per heavy atom. The highest BCUT2D eigenvalue weighted by Crippen LogP contribution is 2.44. The summed E-state index contributed by atoms with van der Waals surface area (Å²) < 4.78 is 2.16. The maximum Gasteiger partial charge on any atom is 0.138 e. The Bertz CT molecular complexity index is 1480. The van der Waals surface area contributed by atoms with Crippen molar-refractivity contribution in [3.05, 3.63) is 150 Å². The number of hydrogen-bond donors (Lipinski definition) is 1. The van der Waals surface area contributed by atoms with Crippen molar-refractivity contribution in [3.8, 4) is 11.3 Å². The van der Waals surface area contributed by atoms with E-state index >= 15 is 0 Å². The van der Waals surface area contributed by atoms with Crippen LogP contribution in [0.1, 0.15) is 16.7 Å². The van der Waals surface area contributed by atoms with Crippen LogP contribution in [0.5, 0.6) is 0 Å². The molecule has 2 aromatic heterocycles.